The van der Waals surface area contributed by atoms with Gasteiger partial charge in [0.05, 0.1) is 0 Å². The highest BCUT2D eigenvalue weighted by atomic mass is 16.5. The van der Waals surface area contributed by atoms with E-state index in [4.69, 9.17) is 4.74 Å². The van der Waals surface area contributed by atoms with Gasteiger partial charge in [-0.15, -0.1) is 0 Å². The highest BCUT2D eigenvalue weighted by Gasteiger charge is 2.23. The highest BCUT2D eigenvalue weighted by Crippen LogP contribution is 2.20. The maximum Gasteiger partial charge on any atom is 0.253 e. The molecule has 6 nitrogen and oxygen atoms in total. The van der Waals surface area contributed by atoms with Gasteiger partial charge in [-0.3, -0.25) is 9.59 Å². The fourth-order valence-corrected chi connectivity index (χ4v) is 3.65. The third-order valence-corrected chi connectivity index (χ3v) is 5.18. The Morgan fingerprint density at radius 3 is 2.55 bits per heavy atom. The van der Waals surface area contributed by atoms with Crippen molar-refractivity contribution in [1.82, 2.24) is 4.98 Å². The topological polar surface area (TPSA) is 83.2 Å². The fraction of sp³-hybridized carbons (Fsp3) is 0.304. The summed E-state index contributed by atoms with van der Waals surface area (Å²) >= 11 is 0. The summed E-state index contributed by atoms with van der Waals surface area (Å²) < 4.78 is 5.38. The standard InChI is InChI=1S/C23H25N3O3/c27-22(9-3-5-16-15-24-20-7-2-1-6-19(16)20)25-17-10-12-18(13-11-17)26-23(28)21-8-4-14-29-21/h1-2,6-7,10-13,15,21,24H,3-5,8-9,14H2,(H,25,27)(H,26,28). The number of amides is 2. The minimum Gasteiger partial charge on any atom is -0.368 e. The van der Waals surface area contributed by atoms with Crippen molar-refractivity contribution in [2.24, 2.45) is 0 Å². The maximum atomic E-state index is 12.2. The average molecular weight is 391 g/mol. The quantitative estimate of drug-likeness (QED) is 0.563. The Morgan fingerprint density at radius 2 is 1.79 bits per heavy atom. The SMILES string of the molecule is O=C(CCCc1c[nH]c2ccccc12)Nc1ccc(NC(=O)C2CCCO2)cc1. The van der Waals surface area contributed by atoms with Gasteiger partial charge in [0.15, 0.2) is 0 Å². The Morgan fingerprint density at radius 1 is 1.03 bits per heavy atom. The molecule has 0 saturated carbocycles. The van der Waals surface area contributed by atoms with E-state index >= 15 is 0 Å². The van der Waals surface area contributed by atoms with Crippen molar-refractivity contribution in [1.29, 1.82) is 0 Å². The second-order valence-corrected chi connectivity index (χ2v) is 7.33. The molecular formula is C23H25N3O3. The number of carbonyl (C=O) groups excluding carboxylic acids is 2. The number of carbonyl (C=O) groups is 2. The highest BCUT2D eigenvalue weighted by molar-refractivity contribution is 5.95. The number of aryl methyl sites for hydroxylation is 1. The second-order valence-electron chi connectivity index (χ2n) is 7.33. The molecule has 0 bridgehead atoms. The molecule has 2 aromatic carbocycles. The van der Waals surface area contributed by atoms with Crippen molar-refractivity contribution in [3.63, 3.8) is 0 Å². The van der Waals surface area contributed by atoms with E-state index in [2.05, 4.69) is 27.8 Å². The largest absolute Gasteiger partial charge is 0.368 e. The van der Waals surface area contributed by atoms with Crippen molar-refractivity contribution in [2.45, 2.75) is 38.2 Å². The summed E-state index contributed by atoms with van der Waals surface area (Å²) in [5, 5.41) is 6.98. The van der Waals surface area contributed by atoms with Crippen molar-refractivity contribution >= 4 is 34.1 Å². The third kappa shape index (κ3) is 4.84. The summed E-state index contributed by atoms with van der Waals surface area (Å²) in [6.07, 6.45) is 5.44. The van der Waals surface area contributed by atoms with E-state index in [-0.39, 0.29) is 17.9 Å². The molecule has 0 radical (unpaired) electrons. The molecule has 4 rings (SSSR count). The van der Waals surface area contributed by atoms with Crippen LogP contribution in [0.25, 0.3) is 10.9 Å². The molecule has 1 aromatic heterocycles. The molecule has 6 heteroatoms. The van der Waals surface area contributed by atoms with E-state index in [0.29, 0.717) is 18.7 Å². The Hall–Kier alpha value is -3.12. The first-order valence-electron chi connectivity index (χ1n) is 10.1. The van der Waals surface area contributed by atoms with E-state index in [9.17, 15) is 9.59 Å². The fourth-order valence-electron chi connectivity index (χ4n) is 3.65. The van der Waals surface area contributed by atoms with E-state index in [0.717, 1.165) is 36.9 Å². The number of hydrogen-bond donors (Lipinski definition) is 3. The predicted molar refractivity (Wildman–Crippen MR) is 114 cm³/mol. The van der Waals surface area contributed by atoms with Gasteiger partial charge in [0.1, 0.15) is 6.10 Å². The van der Waals surface area contributed by atoms with Crippen LogP contribution < -0.4 is 10.6 Å². The van der Waals surface area contributed by atoms with Gasteiger partial charge in [0.2, 0.25) is 5.91 Å². The normalized spacial score (nSPS) is 16.1. The molecule has 2 heterocycles. The van der Waals surface area contributed by atoms with Crippen LogP contribution in [0.3, 0.4) is 0 Å². The Balaban J connectivity index is 1.23. The molecule has 0 spiro atoms. The molecule has 0 aliphatic carbocycles. The molecular weight excluding hydrogens is 366 g/mol. The first kappa shape index (κ1) is 19.2. The summed E-state index contributed by atoms with van der Waals surface area (Å²) in [5.74, 6) is -0.127. The summed E-state index contributed by atoms with van der Waals surface area (Å²) in [5.41, 5.74) is 3.78. The van der Waals surface area contributed by atoms with Crippen molar-refractivity contribution < 1.29 is 14.3 Å². The second kappa shape index (κ2) is 8.92. The van der Waals surface area contributed by atoms with Crippen LogP contribution in [0.5, 0.6) is 0 Å². The molecule has 29 heavy (non-hydrogen) atoms. The lowest BCUT2D eigenvalue weighted by Gasteiger charge is -2.11. The van der Waals surface area contributed by atoms with Crippen LogP contribution in [-0.4, -0.2) is 29.5 Å². The van der Waals surface area contributed by atoms with Crippen molar-refractivity contribution in [2.75, 3.05) is 17.2 Å². The molecule has 1 fully saturated rings. The lowest BCUT2D eigenvalue weighted by Crippen LogP contribution is -2.26. The number of rotatable bonds is 7. The molecule has 3 aromatic rings. The lowest BCUT2D eigenvalue weighted by atomic mass is 10.1. The molecule has 1 atom stereocenters. The Bertz CT molecular complexity index is 988. The zero-order chi connectivity index (χ0) is 20.1. The van der Waals surface area contributed by atoms with E-state index in [1.165, 1.54) is 10.9 Å². The lowest BCUT2D eigenvalue weighted by molar-refractivity contribution is -0.124. The Labute approximate surface area is 169 Å². The number of fused-ring (bicyclic) bond motifs is 1. The molecule has 1 aliphatic rings. The summed E-state index contributed by atoms with van der Waals surface area (Å²) in [6, 6.07) is 15.3. The van der Waals surface area contributed by atoms with Crippen LogP contribution in [0.4, 0.5) is 11.4 Å². The van der Waals surface area contributed by atoms with Gasteiger partial charge in [0.25, 0.3) is 5.91 Å². The van der Waals surface area contributed by atoms with Crippen LogP contribution in [0.15, 0.2) is 54.7 Å². The van der Waals surface area contributed by atoms with Gasteiger partial charge in [-0.05, 0) is 61.6 Å². The summed E-state index contributed by atoms with van der Waals surface area (Å²) in [4.78, 5) is 27.6. The number of aromatic nitrogens is 1. The van der Waals surface area contributed by atoms with Gasteiger partial charge >= 0.3 is 0 Å². The molecule has 1 unspecified atom stereocenters. The van der Waals surface area contributed by atoms with Crippen LogP contribution in [0.1, 0.15) is 31.2 Å². The van der Waals surface area contributed by atoms with E-state index in [1.54, 1.807) is 24.3 Å². The summed E-state index contributed by atoms with van der Waals surface area (Å²) in [6.45, 7) is 0.642. The minimum atomic E-state index is -0.355. The third-order valence-electron chi connectivity index (χ3n) is 5.18. The molecule has 150 valence electrons. The van der Waals surface area contributed by atoms with Crippen LogP contribution >= 0.6 is 0 Å². The van der Waals surface area contributed by atoms with Crippen LogP contribution in [0, 0.1) is 0 Å². The van der Waals surface area contributed by atoms with Crippen molar-refractivity contribution in [3.8, 4) is 0 Å². The first-order chi connectivity index (χ1) is 14.2. The Kier molecular flexibility index (Phi) is 5.91. The number of para-hydroxylation sites is 1. The number of H-pyrrole nitrogens is 1. The maximum absolute atomic E-state index is 12.2. The number of ether oxygens (including phenoxy) is 1. The van der Waals surface area contributed by atoms with Crippen LogP contribution in [0.2, 0.25) is 0 Å². The molecule has 1 saturated heterocycles. The summed E-state index contributed by atoms with van der Waals surface area (Å²) in [7, 11) is 0. The number of benzene rings is 2. The van der Waals surface area contributed by atoms with Crippen molar-refractivity contribution in [3.05, 3.63) is 60.3 Å². The van der Waals surface area contributed by atoms with Gasteiger partial charge in [-0.1, -0.05) is 18.2 Å². The van der Waals surface area contributed by atoms with Crippen LogP contribution in [-0.2, 0) is 20.7 Å². The number of aromatic amines is 1. The van der Waals surface area contributed by atoms with Gasteiger partial charge in [-0.25, -0.2) is 0 Å². The number of nitrogens with one attached hydrogen (secondary N) is 3. The molecule has 3 N–H and O–H groups in total. The first-order valence-corrected chi connectivity index (χ1v) is 10.1. The zero-order valence-electron chi connectivity index (χ0n) is 16.2. The number of anilines is 2. The molecule has 2 amide bonds. The van der Waals surface area contributed by atoms with E-state index in [1.807, 2.05) is 18.3 Å². The monoisotopic (exact) mass is 391 g/mol. The number of hydrogen-bond acceptors (Lipinski definition) is 3. The smallest absolute Gasteiger partial charge is 0.253 e. The minimum absolute atomic E-state index is 0.0130. The van der Waals surface area contributed by atoms with E-state index < -0.39 is 0 Å². The van der Waals surface area contributed by atoms with Gasteiger partial charge in [-0.2, -0.15) is 0 Å². The molecule has 1 aliphatic heterocycles. The predicted octanol–water partition coefficient (Wildman–Crippen LogP) is 4.25. The average Bonchev–Trinajstić information content (AvgIpc) is 3.40. The van der Waals surface area contributed by atoms with Gasteiger partial charge in [0, 0.05) is 41.5 Å². The zero-order valence-corrected chi connectivity index (χ0v) is 16.2. The van der Waals surface area contributed by atoms with Gasteiger partial charge < -0.3 is 20.4 Å².